The number of urea groups is 1. The van der Waals surface area contributed by atoms with Crippen molar-refractivity contribution in [3.8, 4) is 0 Å². The number of aromatic nitrogens is 4. The maximum absolute atomic E-state index is 12.2. The van der Waals surface area contributed by atoms with Crippen molar-refractivity contribution in [2.75, 3.05) is 37.3 Å². The summed E-state index contributed by atoms with van der Waals surface area (Å²) in [6.45, 7) is 12.1. The van der Waals surface area contributed by atoms with Crippen LogP contribution in [0.3, 0.4) is 0 Å². The number of hydrogen-bond donors (Lipinski definition) is 2. The van der Waals surface area contributed by atoms with E-state index in [4.69, 9.17) is 25.7 Å². The molecule has 0 aliphatic carbocycles. The number of nitrogens with two attached hydrogens (primary N) is 2. The third-order valence-corrected chi connectivity index (χ3v) is 7.51. The lowest BCUT2D eigenvalue weighted by molar-refractivity contribution is -0.197. The molecule has 2 aliphatic heterocycles. The molecule has 4 heterocycles. The number of imidazole rings is 1. The molecular formula is C28H40N8O4. The number of rotatable bonds is 8. The van der Waals surface area contributed by atoms with Crippen molar-refractivity contribution in [2.24, 2.45) is 5.73 Å². The summed E-state index contributed by atoms with van der Waals surface area (Å²) in [4.78, 5) is 28.8. The molecule has 0 radical (unpaired) electrons. The van der Waals surface area contributed by atoms with E-state index < -0.39 is 18.0 Å². The van der Waals surface area contributed by atoms with Crippen LogP contribution in [0.5, 0.6) is 0 Å². The van der Waals surface area contributed by atoms with Gasteiger partial charge in [0, 0.05) is 18.8 Å². The largest absolute Gasteiger partial charge is 0.382 e. The number of likely N-dealkylation sites (N-methyl/N-ethyl adjacent to an activating group) is 1. The van der Waals surface area contributed by atoms with Crippen molar-refractivity contribution in [1.82, 2.24) is 24.4 Å². The van der Waals surface area contributed by atoms with Crippen molar-refractivity contribution >= 4 is 28.7 Å². The highest BCUT2D eigenvalue weighted by atomic mass is 16.8. The Balaban J connectivity index is 1.23. The van der Waals surface area contributed by atoms with E-state index in [1.165, 1.54) is 11.9 Å². The molecule has 4 atom stereocenters. The van der Waals surface area contributed by atoms with Crippen LogP contribution in [-0.2, 0) is 19.6 Å². The van der Waals surface area contributed by atoms with Crippen LogP contribution in [0, 0.1) is 0 Å². The standard InChI is InChI=1S/C28H40N8O4/c1-27(2,3)17-8-10-18(11-9-17)35(26(30)37)13-7-12-34(6)14-19-21-22(40-28(4,5)39-21)25(38-19)36-16-33-20-23(29)31-15-32-24(20)36/h8-11,15-16,19,21-22,25H,7,12-14H2,1-6H3,(H2,30,37)(H2,29,31,32)/t19-,21-,22-,25-/m1/s1. The van der Waals surface area contributed by atoms with Crippen LogP contribution in [0.25, 0.3) is 11.2 Å². The fourth-order valence-electron chi connectivity index (χ4n) is 5.49. The Labute approximate surface area is 234 Å². The van der Waals surface area contributed by atoms with Crippen molar-refractivity contribution in [1.29, 1.82) is 0 Å². The number of fused-ring (bicyclic) bond motifs is 2. The number of primary amides is 1. The zero-order valence-corrected chi connectivity index (χ0v) is 24.1. The van der Waals surface area contributed by atoms with Gasteiger partial charge in [0.2, 0.25) is 0 Å². The van der Waals surface area contributed by atoms with Gasteiger partial charge in [-0.2, -0.15) is 0 Å². The number of amides is 2. The average molecular weight is 553 g/mol. The number of nitrogen functional groups attached to an aromatic ring is 1. The molecule has 2 aliphatic rings. The van der Waals surface area contributed by atoms with Crippen LogP contribution in [0.1, 0.15) is 52.8 Å². The van der Waals surface area contributed by atoms with E-state index in [1.54, 1.807) is 11.2 Å². The second kappa shape index (κ2) is 10.6. The average Bonchev–Trinajstić information content (AvgIpc) is 3.53. The number of nitrogens with zero attached hydrogens (tertiary/aromatic N) is 6. The fourth-order valence-corrected chi connectivity index (χ4v) is 5.49. The molecule has 0 bridgehead atoms. The van der Waals surface area contributed by atoms with Crippen LogP contribution in [0.4, 0.5) is 16.3 Å². The Hall–Kier alpha value is -3.32. The molecule has 0 saturated carbocycles. The molecule has 2 amide bonds. The van der Waals surface area contributed by atoms with Gasteiger partial charge >= 0.3 is 6.03 Å². The smallest absolute Gasteiger partial charge is 0.319 e. The molecule has 0 unspecified atom stereocenters. The van der Waals surface area contributed by atoms with Crippen LogP contribution in [-0.4, -0.2) is 81.2 Å². The summed E-state index contributed by atoms with van der Waals surface area (Å²) in [5, 5.41) is 0. The van der Waals surface area contributed by atoms with Gasteiger partial charge in [-0.05, 0) is 57.0 Å². The highest BCUT2D eigenvalue weighted by molar-refractivity contribution is 5.90. The van der Waals surface area contributed by atoms with Gasteiger partial charge in [0.15, 0.2) is 23.5 Å². The zero-order chi connectivity index (χ0) is 28.8. The molecular weight excluding hydrogens is 512 g/mol. The van der Waals surface area contributed by atoms with E-state index in [1.807, 2.05) is 37.6 Å². The third-order valence-electron chi connectivity index (χ3n) is 7.51. The first kappa shape index (κ1) is 28.2. The van der Waals surface area contributed by atoms with Crippen LogP contribution < -0.4 is 16.4 Å². The van der Waals surface area contributed by atoms with E-state index in [0.29, 0.717) is 30.1 Å². The molecule has 3 aromatic rings. The van der Waals surface area contributed by atoms with Crippen LogP contribution in [0.2, 0.25) is 0 Å². The van der Waals surface area contributed by atoms with Gasteiger partial charge in [0.25, 0.3) is 0 Å². The first-order valence-corrected chi connectivity index (χ1v) is 13.6. The summed E-state index contributed by atoms with van der Waals surface area (Å²) >= 11 is 0. The van der Waals surface area contributed by atoms with E-state index >= 15 is 0 Å². The third kappa shape index (κ3) is 5.62. The van der Waals surface area contributed by atoms with Crippen LogP contribution >= 0.6 is 0 Å². The fraction of sp³-hybridized carbons (Fsp3) is 0.571. The number of benzene rings is 1. The number of ether oxygens (including phenoxy) is 3. The number of carbonyl (C=O) groups is 1. The maximum Gasteiger partial charge on any atom is 0.319 e. The molecule has 2 aromatic heterocycles. The van der Waals surface area contributed by atoms with Crippen molar-refractivity contribution in [2.45, 2.75) is 76.8 Å². The van der Waals surface area contributed by atoms with Gasteiger partial charge in [-0.25, -0.2) is 19.7 Å². The number of carbonyl (C=O) groups excluding carboxylic acids is 1. The minimum absolute atomic E-state index is 0.0362. The first-order chi connectivity index (χ1) is 18.8. The second-order valence-corrected chi connectivity index (χ2v) is 12.1. The van der Waals surface area contributed by atoms with Gasteiger partial charge in [-0.1, -0.05) is 32.9 Å². The number of hydrogen-bond acceptors (Lipinski definition) is 9. The van der Waals surface area contributed by atoms with E-state index in [2.05, 4.69) is 52.8 Å². The Morgan fingerprint density at radius 3 is 2.45 bits per heavy atom. The molecule has 4 N–H and O–H groups in total. The van der Waals surface area contributed by atoms with Gasteiger partial charge in [-0.3, -0.25) is 9.47 Å². The molecule has 2 saturated heterocycles. The number of anilines is 2. The summed E-state index contributed by atoms with van der Waals surface area (Å²) in [6.07, 6.45) is 2.45. The lowest BCUT2D eigenvalue weighted by Gasteiger charge is -2.28. The van der Waals surface area contributed by atoms with Gasteiger partial charge in [0.05, 0.1) is 6.33 Å². The summed E-state index contributed by atoms with van der Waals surface area (Å²) in [7, 11) is 2.03. The molecule has 5 rings (SSSR count). The highest BCUT2D eigenvalue weighted by Gasteiger charge is 2.56. The topological polar surface area (TPSA) is 147 Å². The summed E-state index contributed by atoms with van der Waals surface area (Å²) in [5.41, 5.74) is 14.9. The molecule has 12 nitrogen and oxygen atoms in total. The van der Waals surface area contributed by atoms with E-state index in [9.17, 15) is 4.79 Å². The lowest BCUT2D eigenvalue weighted by Crippen LogP contribution is -2.40. The molecule has 40 heavy (non-hydrogen) atoms. The summed E-state index contributed by atoms with van der Waals surface area (Å²) in [5.74, 6) is -0.433. The Bertz CT molecular complexity index is 1350. The van der Waals surface area contributed by atoms with Crippen molar-refractivity contribution in [3.63, 3.8) is 0 Å². The minimum Gasteiger partial charge on any atom is -0.382 e. The Morgan fingerprint density at radius 2 is 1.77 bits per heavy atom. The predicted molar refractivity (Wildman–Crippen MR) is 152 cm³/mol. The molecule has 12 heteroatoms. The van der Waals surface area contributed by atoms with Gasteiger partial charge < -0.3 is 30.6 Å². The molecule has 1 aromatic carbocycles. The zero-order valence-electron chi connectivity index (χ0n) is 24.1. The monoisotopic (exact) mass is 552 g/mol. The second-order valence-electron chi connectivity index (χ2n) is 12.1. The van der Waals surface area contributed by atoms with Gasteiger partial charge in [0.1, 0.15) is 30.2 Å². The molecule has 0 spiro atoms. The minimum atomic E-state index is -0.747. The quantitative estimate of drug-likeness (QED) is 0.430. The first-order valence-electron chi connectivity index (χ1n) is 13.6. The SMILES string of the molecule is CN(CCCN(C(N)=O)c1ccc(C(C)(C)C)cc1)C[C@H]1O[C@@H](n2cnc3c(N)ncnc32)[C@@H]2OC(C)(C)O[C@@H]21. The molecule has 216 valence electrons. The lowest BCUT2D eigenvalue weighted by atomic mass is 9.87. The Morgan fingerprint density at radius 1 is 1.07 bits per heavy atom. The summed E-state index contributed by atoms with van der Waals surface area (Å²) in [6, 6.07) is 7.55. The molecule has 2 fully saturated rings. The predicted octanol–water partition coefficient (Wildman–Crippen LogP) is 3.03. The van der Waals surface area contributed by atoms with E-state index in [-0.39, 0.29) is 23.7 Å². The van der Waals surface area contributed by atoms with Crippen LogP contribution in [0.15, 0.2) is 36.9 Å². The normalized spacial score (nSPS) is 24.1. The van der Waals surface area contributed by atoms with Crippen molar-refractivity contribution < 1.29 is 19.0 Å². The van der Waals surface area contributed by atoms with Crippen molar-refractivity contribution in [3.05, 3.63) is 42.5 Å². The Kier molecular flexibility index (Phi) is 7.47. The summed E-state index contributed by atoms with van der Waals surface area (Å²) < 4.78 is 20.9. The maximum atomic E-state index is 12.2. The highest BCUT2D eigenvalue weighted by Crippen LogP contribution is 2.44. The van der Waals surface area contributed by atoms with Gasteiger partial charge in [-0.15, -0.1) is 0 Å². The van der Waals surface area contributed by atoms with E-state index in [0.717, 1.165) is 18.7 Å².